The third-order valence-corrected chi connectivity index (χ3v) is 7.35. The van der Waals surface area contributed by atoms with Crippen LogP contribution in [-0.2, 0) is 23.5 Å². The van der Waals surface area contributed by atoms with Crippen LogP contribution in [0.4, 0.5) is 0 Å². The maximum absolute atomic E-state index is 13.8. The number of methoxy groups -OCH3 is 1. The van der Waals surface area contributed by atoms with E-state index >= 15 is 0 Å². The van der Waals surface area contributed by atoms with Crippen molar-refractivity contribution >= 4 is 22.8 Å². The Labute approximate surface area is 212 Å². The molecule has 4 heterocycles. The Kier molecular flexibility index (Phi) is 5.61. The SMILES string of the molecule is COc1ccc(-n2c(SCc3ccc4c(c3)OCO4)nc3nc4c(cc3c2=O)COC(C)(C)C4)cc1. The van der Waals surface area contributed by atoms with Gasteiger partial charge in [0.05, 0.1) is 36.1 Å². The minimum absolute atomic E-state index is 0.168. The van der Waals surface area contributed by atoms with Gasteiger partial charge in [-0.1, -0.05) is 17.8 Å². The molecule has 4 aromatic rings. The molecule has 0 radical (unpaired) electrons. The Balaban J connectivity index is 1.45. The summed E-state index contributed by atoms with van der Waals surface area (Å²) >= 11 is 1.48. The van der Waals surface area contributed by atoms with Gasteiger partial charge >= 0.3 is 0 Å². The molecule has 0 bridgehead atoms. The van der Waals surface area contributed by atoms with E-state index < -0.39 is 0 Å². The number of fused-ring (bicyclic) bond motifs is 3. The van der Waals surface area contributed by atoms with Crippen molar-refractivity contribution in [1.82, 2.24) is 14.5 Å². The molecule has 0 spiro atoms. The second-order valence-electron chi connectivity index (χ2n) is 9.40. The van der Waals surface area contributed by atoms with Crippen LogP contribution in [0.2, 0.25) is 0 Å². The lowest BCUT2D eigenvalue weighted by Gasteiger charge is -2.31. The number of hydrogen-bond donors (Lipinski definition) is 0. The lowest BCUT2D eigenvalue weighted by atomic mass is 9.95. The third kappa shape index (κ3) is 4.18. The van der Waals surface area contributed by atoms with Crippen LogP contribution in [0.15, 0.2) is 58.5 Å². The highest BCUT2D eigenvalue weighted by atomic mass is 32.2. The van der Waals surface area contributed by atoms with E-state index in [2.05, 4.69) is 0 Å². The van der Waals surface area contributed by atoms with Crippen molar-refractivity contribution in [3.05, 3.63) is 75.7 Å². The van der Waals surface area contributed by atoms with Gasteiger partial charge in [0.1, 0.15) is 5.75 Å². The van der Waals surface area contributed by atoms with Crippen LogP contribution in [-0.4, -0.2) is 34.0 Å². The summed E-state index contributed by atoms with van der Waals surface area (Å²) in [5.74, 6) is 2.77. The monoisotopic (exact) mass is 503 g/mol. The van der Waals surface area contributed by atoms with E-state index in [-0.39, 0.29) is 18.0 Å². The van der Waals surface area contributed by atoms with E-state index in [1.165, 1.54) is 11.8 Å². The largest absolute Gasteiger partial charge is 0.497 e. The fourth-order valence-corrected chi connectivity index (χ4v) is 5.36. The summed E-state index contributed by atoms with van der Waals surface area (Å²) in [4.78, 5) is 23.6. The molecule has 0 N–H and O–H groups in total. The minimum Gasteiger partial charge on any atom is -0.497 e. The molecule has 0 saturated heterocycles. The lowest BCUT2D eigenvalue weighted by molar-refractivity contribution is -0.0411. The second kappa shape index (κ2) is 8.83. The van der Waals surface area contributed by atoms with E-state index in [1.807, 2.05) is 62.4 Å². The van der Waals surface area contributed by atoms with Crippen molar-refractivity contribution in [2.45, 2.75) is 43.4 Å². The normalized spacial score (nSPS) is 15.6. The maximum atomic E-state index is 13.8. The molecule has 184 valence electrons. The summed E-state index contributed by atoms with van der Waals surface area (Å²) in [7, 11) is 1.61. The molecular formula is C27H25N3O5S. The maximum Gasteiger partial charge on any atom is 0.268 e. The first-order chi connectivity index (χ1) is 17.4. The first-order valence-electron chi connectivity index (χ1n) is 11.7. The smallest absolute Gasteiger partial charge is 0.268 e. The molecule has 8 nitrogen and oxygen atoms in total. The van der Waals surface area contributed by atoms with Crippen molar-refractivity contribution in [3.63, 3.8) is 0 Å². The van der Waals surface area contributed by atoms with Crippen LogP contribution in [0.3, 0.4) is 0 Å². The third-order valence-electron chi connectivity index (χ3n) is 6.34. The first kappa shape index (κ1) is 22.9. The van der Waals surface area contributed by atoms with Gasteiger partial charge in [-0.2, -0.15) is 0 Å². The van der Waals surface area contributed by atoms with E-state index in [0.29, 0.717) is 46.4 Å². The molecule has 2 aromatic carbocycles. The number of pyridine rings is 1. The first-order valence-corrected chi connectivity index (χ1v) is 12.6. The van der Waals surface area contributed by atoms with Crippen LogP contribution in [0.1, 0.15) is 30.7 Å². The van der Waals surface area contributed by atoms with E-state index in [4.69, 9.17) is 28.9 Å². The quantitative estimate of drug-likeness (QED) is 0.287. The number of rotatable bonds is 5. The fourth-order valence-electron chi connectivity index (χ4n) is 4.41. The van der Waals surface area contributed by atoms with Crippen LogP contribution in [0.5, 0.6) is 17.2 Å². The molecule has 0 fully saturated rings. The summed E-state index contributed by atoms with van der Waals surface area (Å²) < 4.78 is 23.8. The van der Waals surface area contributed by atoms with Crippen LogP contribution < -0.4 is 19.8 Å². The highest BCUT2D eigenvalue weighted by Gasteiger charge is 2.28. The van der Waals surface area contributed by atoms with Crippen molar-refractivity contribution in [2.24, 2.45) is 0 Å². The Hall–Kier alpha value is -3.56. The lowest BCUT2D eigenvalue weighted by Crippen LogP contribution is -2.33. The molecule has 0 saturated carbocycles. The molecule has 0 atom stereocenters. The number of benzene rings is 2. The van der Waals surface area contributed by atoms with Gasteiger partial charge in [-0.3, -0.25) is 9.36 Å². The van der Waals surface area contributed by atoms with Crippen molar-refractivity contribution in [3.8, 4) is 22.9 Å². The zero-order chi connectivity index (χ0) is 24.9. The van der Waals surface area contributed by atoms with Gasteiger partial charge in [0.15, 0.2) is 22.3 Å². The van der Waals surface area contributed by atoms with E-state index in [1.54, 1.807) is 11.7 Å². The molecule has 2 aliphatic rings. The van der Waals surface area contributed by atoms with Gasteiger partial charge in [-0.25, -0.2) is 9.97 Å². The number of ether oxygens (including phenoxy) is 4. The van der Waals surface area contributed by atoms with Gasteiger partial charge in [0.2, 0.25) is 6.79 Å². The Bertz CT molecular complexity index is 1530. The molecule has 2 aromatic heterocycles. The highest BCUT2D eigenvalue weighted by molar-refractivity contribution is 7.98. The molecule has 9 heteroatoms. The fraction of sp³-hybridized carbons (Fsp3) is 0.296. The minimum atomic E-state index is -0.303. The Morgan fingerprint density at radius 2 is 1.86 bits per heavy atom. The summed E-state index contributed by atoms with van der Waals surface area (Å²) in [6.45, 7) is 4.74. The van der Waals surface area contributed by atoms with Gasteiger partial charge in [0.25, 0.3) is 5.56 Å². The average Bonchev–Trinajstić information content (AvgIpc) is 3.34. The van der Waals surface area contributed by atoms with Gasteiger partial charge in [0, 0.05) is 17.7 Å². The molecule has 0 aliphatic carbocycles. The molecular weight excluding hydrogens is 478 g/mol. The predicted octanol–water partition coefficient (Wildman–Crippen LogP) is 4.66. The standard InChI is InChI=1S/C27H25N3O5S/c1-27(2)12-21-17(13-35-27)11-20-24(28-21)29-26(30(25(20)31)18-5-7-19(32-3)8-6-18)36-14-16-4-9-22-23(10-16)34-15-33-22/h4-11H,12-15H2,1-3H3. The summed E-state index contributed by atoms with van der Waals surface area (Å²) in [5, 5.41) is 1.04. The topological polar surface area (TPSA) is 84.7 Å². The predicted molar refractivity (Wildman–Crippen MR) is 136 cm³/mol. The Morgan fingerprint density at radius 1 is 1.06 bits per heavy atom. The zero-order valence-electron chi connectivity index (χ0n) is 20.2. The molecule has 2 aliphatic heterocycles. The molecule has 6 rings (SSSR count). The number of aromatic nitrogens is 3. The average molecular weight is 504 g/mol. The summed E-state index contributed by atoms with van der Waals surface area (Å²) in [6.07, 6.45) is 0.668. The Morgan fingerprint density at radius 3 is 2.67 bits per heavy atom. The van der Waals surface area contributed by atoms with Crippen LogP contribution >= 0.6 is 11.8 Å². The second-order valence-corrected chi connectivity index (χ2v) is 10.3. The van der Waals surface area contributed by atoms with Crippen LogP contribution in [0.25, 0.3) is 16.7 Å². The van der Waals surface area contributed by atoms with Crippen LogP contribution in [0, 0.1) is 0 Å². The number of nitrogens with zero attached hydrogens (tertiary/aromatic N) is 3. The van der Waals surface area contributed by atoms with Gasteiger partial charge < -0.3 is 18.9 Å². The number of hydrogen-bond acceptors (Lipinski definition) is 8. The highest BCUT2D eigenvalue weighted by Crippen LogP contribution is 2.35. The number of thioether (sulfide) groups is 1. The molecule has 0 amide bonds. The summed E-state index contributed by atoms with van der Waals surface area (Å²) in [6, 6.07) is 15.1. The van der Waals surface area contributed by atoms with E-state index in [9.17, 15) is 4.79 Å². The molecule has 36 heavy (non-hydrogen) atoms. The van der Waals surface area contributed by atoms with Crippen molar-refractivity contribution < 1.29 is 18.9 Å². The van der Waals surface area contributed by atoms with Crippen molar-refractivity contribution in [1.29, 1.82) is 0 Å². The van der Waals surface area contributed by atoms with Gasteiger partial charge in [-0.15, -0.1) is 0 Å². The van der Waals surface area contributed by atoms with Gasteiger partial charge in [-0.05, 0) is 61.9 Å². The van der Waals surface area contributed by atoms with E-state index in [0.717, 1.165) is 28.3 Å². The molecule has 0 unspecified atom stereocenters. The zero-order valence-corrected chi connectivity index (χ0v) is 21.1. The van der Waals surface area contributed by atoms with Crippen molar-refractivity contribution in [2.75, 3.05) is 13.9 Å². The summed E-state index contributed by atoms with van der Waals surface area (Å²) in [5.41, 5.74) is 3.59.